The van der Waals surface area contributed by atoms with Gasteiger partial charge in [0.05, 0.1) is 20.6 Å². The molecule has 0 aliphatic carbocycles. The summed E-state index contributed by atoms with van der Waals surface area (Å²) in [7, 11) is -0.154. The van der Waals surface area contributed by atoms with Crippen molar-refractivity contribution in [1.82, 2.24) is 9.03 Å². The second-order valence-electron chi connectivity index (χ2n) is 4.66. The van der Waals surface area contributed by atoms with E-state index in [4.69, 9.17) is 0 Å². The topological polar surface area (TPSA) is 102 Å². The Morgan fingerprint density at radius 3 is 2.24 bits per heavy atom. The van der Waals surface area contributed by atoms with E-state index in [-0.39, 0.29) is 18.9 Å². The van der Waals surface area contributed by atoms with Gasteiger partial charge in [-0.25, -0.2) is 0 Å². The Hall–Kier alpha value is -1.19. The van der Waals surface area contributed by atoms with E-state index in [0.29, 0.717) is 6.42 Å². The molecule has 1 N–H and O–H groups in total. The first-order chi connectivity index (χ1) is 9.69. The van der Waals surface area contributed by atoms with Gasteiger partial charge in [0, 0.05) is 13.6 Å². The molecule has 2 atom stereocenters. The summed E-state index contributed by atoms with van der Waals surface area (Å²) < 4.78 is 36.6. The Labute approximate surface area is 126 Å². The zero-order valence-corrected chi connectivity index (χ0v) is 13.9. The van der Waals surface area contributed by atoms with Crippen LogP contribution in [0.15, 0.2) is 0 Å². The van der Waals surface area contributed by atoms with E-state index in [2.05, 4.69) is 14.2 Å². The highest BCUT2D eigenvalue weighted by Gasteiger charge is 2.31. The quantitative estimate of drug-likeness (QED) is 0.594. The second-order valence-corrected chi connectivity index (χ2v) is 6.47. The second kappa shape index (κ2) is 8.96. The Bertz CT molecular complexity index is 451. The maximum absolute atomic E-state index is 12.1. The number of nitrogens with zero attached hydrogens (tertiary/aromatic N) is 1. The maximum Gasteiger partial charge on any atom is 0.324 e. The van der Waals surface area contributed by atoms with Gasteiger partial charge in [-0.3, -0.25) is 9.59 Å². The van der Waals surface area contributed by atoms with Gasteiger partial charge in [-0.1, -0.05) is 20.3 Å². The van der Waals surface area contributed by atoms with Gasteiger partial charge < -0.3 is 9.47 Å². The number of methoxy groups -OCH3 is 2. The van der Waals surface area contributed by atoms with Crippen molar-refractivity contribution in [1.29, 1.82) is 0 Å². The molecule has 0 aliphatic rings. The Morgan fingerprint density at radius 1 is 1.24 bits per heavy atom. The molecule has 0 aromatic heterocycles. The summed E-state index contributed by atoms with van der Waals surface area (Å²) in [5.41, 5.74) is 0. The molecule has 0 aromatic carbocycles. The third-order valence-electron chi connectivity index (χ3n) is 3.21. The molecule has 0 bridgehead atoms. The molecule has 0 amide bonds. The minimum absolute atomic E-state index is 0.0452. The van der Waals surface area contributed by atoms with Crippen LogP contribution < -0.4 is 4.72 Å². The Morgan fingerprint density at radius 2 is 1.81 bits per heavy atom. The molecule has 0 heterocycles. The van der Waals surface area contributed by atoms with Crippen molar-refractivity contribution in [2.75, 3.05) is 27.8 Å². The van der Waals surface area contributed by atoms with Crippen molar-refractivity contribution in [2.45, 2.75) is 32.7 Å². The molecule has 124 valence electrons. The lowest BCUT2D eigenvalue weighted by Gasteiger charge is -2.25. The molecule has 21 heavy (non-hydrogen) atoms. The summed E-state index contributed by atoms with van der Waals surface area (Å²) in [6.45, 7) is 3.55. The van der Waals surface area contributed by atoms with Crippen LogP contribution in [-0.2, 0) is 29.3 Å². The molecule has 0 saturated carbocycles. The van der Waals surface area contributed by atoms with Gasteiger partial charge in [-0.2, -0.15) is 17.4 Å². The van der Waals surface area contributed by atoms with Crippen molar-refractivity contribution in [3.8, 4) is 0 Å². The number of hydrogen-bond acceptors (Lipinski definition) is 6. The highest BCUT2D eigenvalue weighted by molar-refractivity contribution is 7.87. The number of carbonyl (C=O) groups excluding carboxylic acids is 2. The van der Waals surface area contributed by atoms with Gasteiger partial charge in [0.2, 0.25) is 0 Å². The smallest absolute Gasteiger partial charge is 0.324 e. The van der Waals surface area contributed by atoms with Crippen LogP contribution in [0.3, 0.4) is 0 Å². The Kier molecular flexibility index (Phi) is 8.45. The third-order valence-corrected chi connectivity index (χ3v) is 4.77. The molecule has 0 aromatic rings. The van der Waals surface area contributed by atoms with Gasteiger partial charge in [0.25, 0.3) is 10.2 Å². The van der Waals surface area contributed by atoms with Gasteiger partial charge in [0.1, 0.15) is 6.04 Å². The average Bonchev–Trinajstić information content (AvgIpc) is 2.47. The first-order valence-electron chi connectivity index (χ1n) is 6.57. The minimum atomic E-state index is -3.90. The van der Waals surface area contributed by atoms with E-state index in [1.165, 1.54) is 21.3 Å². The summed E-state index contributed by atoms with van der Waals surface area (Å²) >= 11 is 0. The lowest BCUT2D eigenvalue weighted by molar-refractivity contribution is -0.144. The van der Waals surface area contributed by atoms with E-state index < -0.39 is 28.2 Å². The van der Waals surface area contributed by atoms with E-state index in [0.717, 1.165) is 4.31 Å². The van der Waals surface area contributed by atoms with Gasteiger partial charge >= 0.3 is 11.9 Å². The molecule has 8 nitrogen and oxygen atoms in total. The van der Waals surface area contributed by atoms with Crippen LogP contribution in [0.4, 0.5) is 0 Å². The fourth-order valence-corrected chi connectivity index (χ4v) is 2.64. The number of rotatable bonds is 9. The summed E-state index contributed by atoms with van der Waals surface area (Å²) in [5, 5.41) is 0. The summed E-state index contributed by atoms with van der Waals surface area (Å²) in [5.74, 6) is -1.38. The molecule has 2 unspecified atom stereocenters. The van der Waals surface area contributed by atoms with Crippen LogP contribution in [0.5, 0.6) is 0 Å². The van der Waals surface area contributed by atoms with Crippen LogP contribution in [0.1, 0.15) is 26.7 Å². The summed E-state index contributed by atoms with van der Waals surface area (Å²) in [4.78, 5) is 22.7. The highest BCUT2D eigenvalue weighted by atomic mass is 32.2. The van der Waals surface area contributed by atoms with E-state index in [9.17, 15) is 18.0 Å². The fraction of sp³-hybridized carbons (Fsp3) is 0.833. The number of carbonyl (C=O) groups is 2. The van der Waals surface area contributed by atoms with Crippen molar-refractivity contribution in [2.24, 2.45) is 5.92 Å². The predicted molar refractivity (Wildman–Crippen MR) is 76.6 cm³/mol. The minimum Gasteiger partial charge on any atom is -0.469 e. The molecule has 0 fully saturated rings. The van der Waals surface area contributed by atoms with E-state index in [1.54, 1.807) is 6.92 Å². The zero-order valence-electron chi connectivity index (χ0n) is 13.1. The monoisotopic (exact) mass is 324 g/mol. The first-order valence-corrected chi connectivity index (χ1v) is 8.01. The van der Waals surface area contributed by atoms with Gasteiger partial charge in [0.15, 0.2) is 0 Å². The molecule has 9 heteroatoms. The van der Waals surface area contributed by atoms with E-state index in [1.807, 2.05) is 6.92 Å². The molecule has 0 saturated heterocycles. The average molecular weight is 324 g/mol. The van der Waals surface area contributed by atoms with Crippen LogP contribution >= 0.6 is 0 Å². The highest BCUT2D eigenvalue weighted by Crippen LogP contribution is 2.11. The van der Waals surface area contributed by atoms with Gasteiger partial charge in [-0.05, 0) is 5.92 Å². The molecule has 0 aliphatic heterocycles. The Balaban J connectivity index is 4.88. The van der Waals surface area contributed by atoms with Crippen molar-refractivity contribution >= 4 is 22.1 Å². The third kappa shape index (κ3) is 6.40. The zero-order chi connectivity index (χ0) is 16.6. The lowest BCUT2D eigenvalue weighted by Crippen LogP contribution is -2.50. The standard InChI is InChI=1S/C12H24N2O6S/c1-6-9(2)11(12(16)20-5)13-21(17,18)14(3)8-7-10(15)19-4/h9,11,13H,6-8H2,1-5H3. The van der Waals surface area contributed by atoms with E-state index >= 15 is 0 Å². The van der Waals surface area contributed by atoms with Crippen molar-refractivity contribution < 1.29 is 27.5 Å². The number of ether oxygens (including phenoxy) is 2. The number of nitrogens with one attached hydrogen (secondary N) is 1. The fourth-order valence-electron chi connectivity index (χ4n) is 1.48. The SMILES string of the molecule is CCC(C)C(NS(=O)(=O)N(C)CCC(=O)OC)C(=O)OC. The lowest BCUT2D eigenvalue weighted by atomic mass is 10.0. The largest absolute Gasteiger partial charge is 0.469 e. The van der Waals surface area contributed by atoms with Gasteiger partial charge in [-0.15, -0.1) is 0 Å². The molecule has 0 spiro atoms. The molecular weight excluding hydrogens is 300 g/mol. The molecule has 0 radical (unpaired) electrons. The first kappa shape index (κ1) is 19.8. The normalized spacial score (nSPS) is 14.6. The van der Waals surface area contributed by atoms with Crippen molar-refractivity contribution in [3.05, 3.63) is 0 Å². The van der Waals surface area contributed by atoms with Crippen LogP contribution in [-0.4, -0.2) is 58.5 Å². The predicted octanol–water partition coefficient (Wildman–Crippen LogP) is -0.0966. The van der Waals surface area contributed by atoms with Crippen LogP contribution in [0.25, 0.3) is 0 Å². The number of hydrogen-bond donors (Lipinski definition) is 1. The number of esters is 2. The van der Waals surface area contributed by atoms with Crippen LogP contribution in [0, 0.1) is 5.92 Å². The summed E-state index contributed by atoms with van der Waals surface area (Å²) in [6, 6.07) is -0.967. The summed E-state index contributed by atoms with van der Waals surface area (Å²) in [6.07, 6.45) is 0.536. The molecular formula is C12H24N2O6S. The maximum atomic E-state index is 12.1. The molecule has 0 rings (SSSR count). The van der Waals surface area contributed by atoms with Crippen LogP contribution in [0.2, 0.25) is 0 Å². The van der Waals surface area contributed by atoms with Crippen molar-refractivity contribution in [3.63, 3.8) is 0 Å².